The molecule has 0 atom stereocenters. The van der Waals surface area contributed by atoms with E-state index in [1.807, 2.05) is 30.3 Å². The van der Waals surface area contributed by atoms with Gasteiger partial charge in [-0.05, 0) is 19.4 Å². The highest BCUT2D eigenvalue weighted by Gasteiger charge is 2.12. The number of nitrogens with zero attached hydrogens (tertiary/aromatic N) is 1. The number of aromatic amines is 1. The van der Waals surface area contributed by atoms with E-state index in [0.29, 0.717) is 17.1 Å². The summed E-state index contributed by atoms with van der Waals surface area (Å²) < 4.78 is 0. The minimum Gasteiger partial charge on any atom is -0.493 e. The van der Waals surface area contributed by atoms with Crippen LogP contribution in [0.15, 0.2) is 40.3 Å². The molecule has 2 rings (SSSR count). The summed E-state index contributed by atoms with van der Waals surface area (Å²) in [4.78, 5) is 20.6. The maximum absolute atomic E-state index is 12.2. The molecule has 0 amide bonds. The van der Waals surface area contributed by atoms with Gasteiger partial charge in [0.15, 0.2) is 5.16 Å². The molecule has 0 fully saturated rings. The molecule has 6 heteroatoms. The number of aromatic hydroxyl groups is 1. The SMILES string of the molecule is CC[NH+](CC)CCSc1nc(O)c(Cc2ccccc2)c(=O)[nH]1. The number of hydrogen-bond donors (Lipinski definition) is 3. The highest BCUT2D eigenvalue weighted by atomic mass is 32.2. The molecule has 0 aliphatic carbocycles. The molecule has 0 aliphatic rings. The van der Waals surface area contributed by atoms with E-state index >= 15 is 0 Å². The number of benzene rings is 1. The second kappa shape index (κ2) is 8.74. The Morgan fingerprint density at radius 2 is 1.91 bits per heavy atom. The van der Waals surface area contributed by atoms with Gasteiger partial charge >= 0.3 is 0 Å². The molecule has 5 nitrogen and oxygen atoms in total. The van der Waals surface area contributed by atoms with Crippen molar-refractivity contribution in [2.24, 2.45) is 0 Å². The number of H-pyrrole nitrogens is 1. The third kappa shape index (κ3) is 5.11. The van der Waals surface area contributed by atoms with Crippen LogP contribution in [-0.2, 0) is 6.42 Å². The van der Waals surface area contributed by atoms with E-state index in [0.717, 1.165) is 31.0 Å². The standard InChI is InChI=1S/C17H23N3O2S/c1-3-20(4-2)10-11-23-17-18-15(21)14(16(22)19-17)12-13-8-6-5-7-9-13/h5-9H,3-4,10-12H2,1-2H3,(H2,18,19,21,22)/p+1. The van der Waals surface area contributed by atoms with Crippen LogP contribution < -0.4 is 10.5 Å². The Morgan fingerprint density at radius 3 is 2.52 bits per heavy atom. The summed E-state index contributed by atoms with van der Waals surface area (Å²) >= 11 is 1.48. The van der Waals surface area contributed by atoms with Crippen LogP contribution in [0.2, 0.25) is 0 Å². The van der Waals surface area contributed by atoms with Crippen molar-refractivity contribution >= 4 is 11.8 Å². The van der Waals surface area contributed by atoms with E-state index < -0.39 is 0 Å². The van der Waals surface area contributed by atoms with Gasteiger partial charge in [-0.1, -0.05) is 42.1 Å². The fourth-order valence-corrected chi connectivity index (χ4v) is 3.29. The van der Waals surface area contributed by atoms with Crippen molar-refractivity contribution in [3.8, 4) is 5.88 Å². The van der Waals surface area contributed by atoms with Crippen molar-refractivity contribution in [1.29, 1.82) is 0 Å². The van der Waals surface area contributed by atoms with Crippen molar-refractivity contribution in [2.45, 2.75) is 25.4 Å². The van der Waals surface area contributed by atoms with Crippen molar-refractivity contribution in [3.63, 3.8) is 0 Å². The second-order valence-electron chi connectivity index (χ2n) is 5.39. The monoisotopic (exact) mass is 334 g/mol. The predicted molar refractivity (Wildman–Crippen MR) is 93.4 cm³/mol. The molecule has 0 aliphatic heterocycles. The Morgan fingerprint density at radius 1 is 1.22 bits per heavy atom. The average Bonchev–Trinajstić information content (AvgIpc) is 2.56. The first-order valence-corrected chi connectivity index (χ1v) is 8.95. The third-order valence-corrected chi connectivity index (χ3v) is 4.77. The van der Waals surface area contributed by atoms with Crippen LogP contribution in [0.3, 0.4) is 0 Å². The summed E-state index contributed by atoms with van der Waals surface area (Å²) in [6.07, 6.45) is 0.379. The summed E-state index contributed by atoms with van der Waals surface area (Å²) in [5.41, 5.74) is 1.02. The highest BCUT2D eigenvalue weighted by Crippen LogP contribution is 2.18. The van der Waals surface area contributed by atoms with E-state index in [1.165, 1.54) is 16.7 Å². The van der Waals surface area contributed by atoms with Crippen LogP contribution in [0, 0.1) is 0 Å². The maximum Gasteiger partial charge on any atom is 0.258 e. The number of aromatic nitrogens is 2. The van der Waals surface area contributed by atoms with Gasteiger partial charge in [0.05, 0.1) is 31.0 Å². The van der Waals surface area contributed by atoms with Crippen LogP contribution in [0.25, 0.3) is 0 Å². The minimum atomic E-state index is -0.265. The van der Waals surface area contributed by atoms with Crippen molar-refractivity contribution in [1.82, 2.24) is 9.97 Å². The quantitative estimate of drug-likeness (QED) is 0.499. The van der Waals surface area contributed by atoms with E-state index in [9.17, 15) is 9.90 Å². The Hall–Kier alpha value is -1.79. The van der Waals surface area contributed by atoms with Crippen LogP contribution in [-0.4, -0.2) is 40.5 Å². The largest absolute Gasteiger partial charge is 0.493 e. The molecular formula is C17H24N3O2S+. The number of thioether (sulfide) groups is 1. The summed E-state index contributed by atoms with van der Waals surface area (Å²) in [7, 11) is 0. The van der Waals surface area contributed by atoms with Gasteiger partial charge in [-0.25, -0.2) is 0 Å². The van der Waals surface area contributed by atoms with E-state index in [1.54, 1.807) is 0 Å². The normalized spacial score (nSPS) is 11.1. The predicted octanol–water partition coefficient (Wildman–Crippen LogP) is 1.08. The first-order valence-electron chi connectivity index (χ1n) is 7.96. The van der Waals surface area contributed by atoms with Gasteiger partial charge in [-0.2, -0.15) is 4.98 Å². The fourth-order valence-electron chi connectivity index (χ4n) is 2.39. The van der Waals surface area contributed by atoms with Crippen LogP contribution in [0.4, 0.5) is 0 Å². The molecular weight excluding hydrogens is 310 g/mol. The van der Waals surface area contributed by atoms with Crippen molar-refractivity contribution < 1.29 is 10.0 Å². The maximum atomic E-state index is 12.2. The van der Waals surface area contributed by atoms with Gasteiger partial charge in [0.25, 0.3) is 5.56 Å². The number of quaternary nitrogens is 1. The van der Waals surface area contributed by atoms with E-state index in [-0.39, 0.29) is 11.4 Å². The molecule has 3 N–H and O–H groups in total. The van der Waals surface area contributed by atoms with Gasteiger partial charge < -0.3 is 15.0 Å². The minimum absolute atomic E-state index is 0.171. The fraction of sp³-hybridized carbons (Fsp3) is 0.412. The Kier molecular flexibility index (Phi) is 6.67. The molecule has 1 aromatic carbocycles. The van der Waals surface area contributed by atoms with Crippen LogP contribution in [0.1, 0.15) is 25.0 Å². The zero-order valence-electron chi connectivity index (χ0n) is 13.6. The Balaban J connectivity index is 2.04. The summed E-state index contributed by atoms with van der Waals surface area (Å²) in [5.74, 6) is 0.688. The lowest BCUT2D eigenvalue weighted by molar-refractivity contribution is -0.893. The summed E-state index contributed by atoms with van der Waals surface area (Å²) in [6.45, 7) is 7.50. The lowest BCUT2D eigenvalue weighted by atomic mass is 10.1. The number of hydrogen-bond acceptors (Lipinski definition) is 4. The molecule has 0 spiro atoms. The first-order chi connectivity index (χ1) is 11.1. The number of rotatable bonds is 8. The second-order valence-corrected chi connectivity index (χ2v) is 6.47. The molecule has 2 aromatic rings. The van der Waals surface area contributed by atoms with Gasteiger partial charge in [-0.15, -0.1) is 0 Å². The van der Waals surface area contributed by atoms with Gasteiger partial charge in [0.2, 0.25) is 5.88 Å². The lowest BCUT2D eigenvalue weighted by Gasteiger charge is -2.14. The summed E-state index contributed by atoms with van der Waals surface area (Å²) in [5, 5.41) is 10.6. The Bertz CT molecular complexity index is 669. The first kappa shape index (κ1) is 17.6. The molecule has 1 heterocycles. The zero-order chi connectivity index (χ0) is 16.7. The molecule has 0 unspecified atom stereocenters. The summed E-state index contributed by atoms with van der Waals surface area (Å²) in [6, 6.07) is 9.59. The van der Waals surface area contributed by atoms with Gasteiger partial charge in [0, 0.05) is 6.42 Å². The zero-order valence-corrected chi connectivity index (χ0v) is 14.4. The highest BCUT2D eigenvalue weighted by molar-refractivity contribution is 7.99. The topological polar surface area (TPSA) is 70.4 Å². The van der Waals surface area contributed by atoms with Crippen LogP contribution in [0.5, 0.6) is 5.88 Å². The number of nitrogens with one attached hydrogen (secondary N) is 2. The molecule has 23 heavy (non-hydrogen) atoms. The van der Waals surface area contributed by atoms with Crippen LogP contribution >= 0.6 is 11.8 Å². The Labute approximate surface area is 140 Å². The molecule has 0 radical (unpaired) electrons. The van der Waals surface area contributed by atoms with Crippen molar-refractivity contribution in [3.05, 3.63) is 51.8 Å². The molecule has 0 saturated heterocycles. The molecule has 0 saturated carbocycles. The third-order valence-electron chi connectivity index (χ3n) is 3.89. The van der Waals surface area contributed by atoms with Crippen molar-refractivity contribution in [2.75, 3.05) is 25.4 Å². The molecule has 124 valence electrons. The van der Waals surface area contributed by atoms with Gasteiger partial charge in [-0.3, -0.25) is 4.79 Å². The molecule has 0 bridgehead atoms. The smallest absolute Gasteiger partial charge is 0.258 e. The van der Waals surface area contributed by atoms with E-state index in [4.69, 9.17) is 0 Å². The average molecular weight is 334 g/mol. The van der Waals surface area contributed by atoms with E-state index in [2.05, 4.69) is 23.8 Å². The molecule has 1 aromatic heterocycles. The van der Waals surface area contributed by atoms with Gasteiger partial charge in [0.1, 0.15) is 0 Å². The lowest BCUT2D eigenvalue weighted by Crippen LogP contribution is -3.11.